The van der Waals surface area contributed by atoms with Crippen molar-refractivity contribution in [1.29, 1.82) is 0 Å². The molecule has 114 valence electrons. The SMILES string of the molecule is CC(C)N1CCN(CN(C(C)(C)I)C(C)(C)I)CC1. The van der Waals surface area contributed by atoms with Gasteiger partial charge in [-0.05, 0) is 41.5 Å². The highest BCUT2D eigenvalue weighted by Crippen LogP contribution is 2.34. The van der Waals surface area contributed by atoms with E-state index in [1.807, 2.05) is 0 Å². The van der Waals surface area contributed by atoms with Gasteiger partial charge in [0.1, 0.15) is 0 Å². The first-order valence-electron chi connectivity index (χ1n) is 7.14. The fourth-order valence-corrected chi connectivity index (χ4v) is 4.56. The maximum absolute atomic E-state index is 2.60. The average molecular weight is 493 g/mol. The van der Waals surface area contributed by atoms with Crippen molar-refractivity contribution in [2.75, 3.05) is 32.8 Å². The highest BCUT2D eigenvalue weighted by Gasteiger charge is 2.35. The molecule has 0 N–H and O–H groups in total. The van der Waals surface area contributed by atoms with Crippen molar-refractivity contribution in [2.24, 2.45) is 0 Å². The zero-order valence-corrected chi connectivity index (χ0v) is 17.5. The molecule has 0 aromatic rings. The molecule has 5 heteroatoms. The van der Waals surface area contributed by atoms with Gasteiger partial charge in [-0.1, -0.05) is 45.2 Å². The highest BCUT2D eigenvalue weighted by molar-refractivity contribution is 14.1. The summed E-state index contributed by atoms with van der Waals surface area (Å²) >= 11 is 5.12. The van der Waals surface area contributed by atoms with Crippen LogP contribution >= 0.6 is 45.2 Å². The van der Waals surface area contributed by atoms with Gasteiger partial charge in [-0.3, -0.25) is 14.7 Å². The maximum atomic E-state index is 2.60. The van der Waals surface area contributed by atoms with Gasteiger partial charge in [0.2, 0.25) is 0 Å². The zero-order valence-electron chi connectivity index (χ0n) is 13.2. The van der Waals surface area contributed by atoms with Crippen molar-refractivity contribution >= 4 is 45.2 Å². The summed E-state index contributed by atoms with van der Waals surface area (Å²) < 4.78 is 0.356. The van der Waals surface area contributed by atoms with Crippen molar-refractivity contribution in [1.82, 2.24) is 14.7 Å². The number of piperazine rings is 1. The van der Waals surface area contributed by atoms with E-state index in [0.717, 1.165) is 6.67 Å². The first kappa shape index (κ1) is 18.4. The Balaban J connectivity index is 2.58. The van der Waals surface area contributed by atoms with Gasteiger partial charge in [-0.15, -0.1) is 0 Å². The second kappa shape index (κ2) is 7.07. The molecular formula is C14H29I2N3. The van der Waals surface area contributed by atoms with Crippen LogP contribution in [0.5, 0.6) is 0 Å². The molecule has 0 aromatic carbocycles. The molecule has 0 saturated carbocycles. The molecule has 1 rings (SSSR count). The molecule has 1 fully saturated rings. The maximum Gasteiger partial charge on any atom is 0.0695 e. The molecule has 1 heterocycles. The van der Waals surface area contributed by atoms with Crippen molar-refractivity contribution in [3.05, 3.63) is 0 Å². The van der Waals surface area contributed by atoms with Crippen LogP contribution in [-0.4, -0.2) is 60.7 Å². The van der Waals surface area contributed by atoms with E-state index in [1.54, 1.807) is 0 Å². The first-order valence-corrected chi connectivity index (χ1v) is 9.29. The molecule has 0 atom stereocenters. The van der Waals surface area contributed by atoms with E-state index in [9.17, 15) is 0 Å². The van der Waals surface area contributed by atoms with E-state index in [4.69, 9.17) is 0 Å². The van der Waals surface area contributed by atoms with E-state index in [1.165, 1.54) is 26.2 Å². The third kappa shape index (κ3) is 5.92. The third-order valence-corrected chi connectivity index (χ3v) is 4.93. The molecule has 0 aromatic heterocycles. The first-order chi connectivity index (χ1) is 8.51. The van der Waals surface area contributed by atoms with E-state index in [0.29, 0.717) is 6.04 Å². The van der Waals surface area contributed by atoms with Crippen LogP contribution in [0.4, 0.5) is 0 Å². The second-order valence-electron chi connectivity index (χ2n) is 6.64. The van der Waals surface area contributed by atoms with Crippen LogP contribution in [0.3, 0.4) is 0 Å². The summed E-state index contributed by atoms with van der Waals surface area (Å²) in [6.45, 7) is 19.7. The van der Waals surface area contributed by atoms with Crippen LogP contribution in [0.15, 0.2) is 0 Å². The van der Waals surface area contributed by atoms with Crippen molar-refractivity contribution in [3.8, 4) is 0 Å². The topological polar surface area (TPSA) is 9.72 Å². The standard InChI is InChI=1S/C14H29I2N3/c1-12(2)18-9-7-17(8-10-18)11-19(13(3,4)15)14(5,6)16/h12H,7-11H2,1-6H3. The van der Waals surface area contributed by atoms with Gasteiger partial charge >= 0.3 is 0 Å². The van der Waals surface area contributed by atoms with Crippen LogP contribution in [0.1, 0.15) is 41.5 Å². The molecule has 19 heavy (non-hydrogen) atoms. The van der Waals surface area contributed by atoms with Crippen molar-refractivity contribution in [2.45, 2.75) is 54.7 Å². The fraction of sp³-hybridized carbons (Fsp3) is 1.00. The van der Waals surface area contributed by atoms with Crippen LogP contribution in [0, 0.1) is 0 Å². The fourth-order valence-electron chi connectivity index (χ4n) is 2.59. The van der Waals surface area contributed by atoms with Crippen LogP contribution in [-0.2, 0) is 0 Å². The molecule has 1 aliphatic rings. The smallest absolute Gasteiger partial charge is 0.0695 e. The quantitative estimate of drug-likeness (QED) is 0.330. The lowest BCUT2D eigenvalue weighted by Gasteiger charge is -2.47. The molecule has 0 bridgehead atoms. The monoisotopic (exact) mass is 493 g/mol. The molecule has 1 saturated heterocycles. The number of rotatable bonds is 5. The van der Waals surface area contributed by atoms with E-state index in [-0.39, 0.29) is 7.09 Å². The van der Waals surface area contributed by atoms with Gasteiger partial charge in [-0.25, -0.2) is 0 Å². The molecular weight excluding hydrogens is 464 g/mol. The lowest BCUT2D eigenvalue weighted by molar-refractivity contribution is 0.0265. The summed E-state index contributed by atoms with van der Waals surface area (Å²) in [6, 6.07) is 0.681. The van der Waals surface area contributed by atoms with Crippen molar-refractivity contribution in [3.63, 3.8) is 0 Å². The third-order valence-electron chi connectivity index (χ3n) is 3.76. The summed E-state index contributed by atoms with van der Waals surface area (Å²) in [5.41, 5.74) is 0. The second-order valence-corrected chi connectivity index (χ2v) is 11.9. The summed E-state index contributed by atoms with van der Waals surface area (Å²) in [5.74, 6) is 0. The normalized spacial score (nSPS) is 20.5. The molecule has 0 spiro atoms. The van der Waals surface area contributed by atoms with Crippen LogP contribution in [0.2, 0.25) is 0 Å². The molecule has 0 amide bonds. The Morgan fingerprint density at radius 3 is 1.68 bits per heavy atom. The highest BCUT2D eigenvalue weighted by atomic mass is 127. The molecule has 0 unspecified atom stereocenters. The number of halogens is 2. The van der Waals surface area contributed by atoms with Gasteiger partial charge in [0, 0.05) is 32.2 Å². The van der Waals surface area contributed by atoms with Gasteiger partial charge < -0.3 is 0 Å². The Morgan fingerprint density at radius 2 is 1.37 bits per heavy atom. The number of nitrogens with zero attached hydrogens (tertiary/aromatic N) is 3. The number of hydrogen-bond acceptors (Lipinski definition) is 3. The zero-order chi connectivity index (χ0) is 14.8. The summed E-state index contributed by atoms with van der Waals surface area (Å²) in [5, 5.41) is 0. The molecule has 0 radical (unpaired) electrons. The van der Waals surface area contributed by atoms with Gasteiger partial charge in [-0.2, -0.15) is 0 Å². The summed E-state index contributed by atoms with van der Waals surface area (Å²) in [7, 11) is 0. The van der Waals surface area contributed by atoms with Crippen LogP contribution in [0.25, 0.3) is 0 Å². The van der Waals surface area contributed by atoms with Gasteiger partial charge in [0.15, 0.2) is 0 Å². The minimum atomic E-state index is 0.178. The molecule has 0 aliphatic carbocycles. The Morgan fingerprint density at radius 1 is 0.947 bits per heavy atom. The van der Waals surface area contributed by atoms with Gasteiger partial charge in [0.25, 0.3) is 0 Å². The Hall–Kier alpha value is 1.34. The van der Waals surface area contributed by atoms with E-state index in [2.05, 4.69) is 101 Å². The van der Waals surface area contributed by atoms with E-state index < -0.39 is 0 Å². The summed E-state index contributed by atoms with van der Waals surface area (Å²) in [6.07, 6.45) is 0. The van der Waals surface area contributed by atoms with E-state index >= 15 is 0 Å². The lowest BCUT2D eigenvalue weighted by Crippen LogP contribution is -2.57. The Labute approximate surface area is 146 Å². The largest absolute Gasteiger partial charge is 0.298 e. The predicted octanol–water partition coefficient (Wildman–Crippen LogP) is 3.61. The Kier molecular flexibility index (Phi) is 6.84. The lowest BCUT2D eigenvalue weighted by atomic mass is 10.2. The number of alkyl halides is 2. The molecule has 3 nitrogen and oxygen atoms in total. The Bertz CT molecular complexity index is 259. The summed E-state index contributed by atoms with van der Waals surface area (Å²) in [4.78, 5) is 7.76. The van der Waals surface area contributed by atoms with Gasteiger partial charge in [0.05, 0.1) is 13.8 Å². The minimum absolute atomic E-state index is 0.178. The average Bonchev–Trinajstić information content (AvgIpc) is 2.23. The van der Waals surface area contributed by atoms with Crippen molar-refractivity contribution < 1.29 is 0 Å². The van der Waals surface area contributed by atoms with Crippen LogP contribution < -0.4 is 0 Å². The molecule has 1 aliphatic heterocycles. The minimum Gasteiger partial charge on any atom is -0.298 e. The predicted molar refractivity (Wildman–Crippen MR) is 101 cm³/mol. The number of hydrogen-bond donors (Lipinski definition) is 0.